The minimum atomic E-state index is -0.269. The zero-order valence-electron chi connectivity index (χ0n) is 8.09. The van der Waals surface area contributed by atoms with Gasteiger partial charge in [0.1, 0.15) is 4.91 Å². The van der Waals surface area contributed by atoms with Crippen molar-refractivity contribution in [2.75, 3.05) is 7.11 Å². The minimum Gasteiger partial charge on any atom is -0.465 e. The highest BCUT2D eigenvalue weighted by atomic mass is 35.5. The number of allylic oxidation sites excluding steroid dienone is 1. The maximum Gasteiger partial charge on any atom is 0.345 e. The number of hydrogen-bond acceptors (Lipinski definition) is 3. The van der Waals surface area contributed by atoms with Gasteiger partial charge in [0.2, 0.25) is 0 Å². The Hall–Kier alpha value is -0.150. The first-order valence-electron chi connectivity index (χ1n) is 4.88. The molecule has 0 aromatic heterocycles. The van der Waals surface area contributed by atoms with E-state index in [1.807, 2.05) is 0 Å². The number of hydrogen-bond donors (Lipinski definition) is 0. The van der Waals surface area contributed by atoms with Gasteiger partial charge in [-0.1, -0.05) is 24.4 Å². The molecule has 2 unspecified atom stereocenters. The molecule has 1 aliphatic carbocycles. The van der Waals surface area contributed by atoms with Crippen LogP contribution >= 0.6 is 23.4 Å². The van der Waals surface area contributed by atoms with E-state index in [9.17, 15) is 4.79 Å². The lowest BCUT2D eigenvalue weighted by Gasteiger charge is -2.24. The lowest BCUT2D eigenvalue weighted by Crippen LogP contribution is -2.17. The quantitative estimate of drug-likeness (QED) is 0.651. The number of rotatable bonds is 1. The summed E-state index contributed by atoms with van der Waals surface area (Å²) in [4.78, 5) is 12.0. The highest BCUT2D eigenvalue weighted by Crippen LogP contribution is 2.50. The van der Waals surface area contributed by atoms with Crippen molar-refractivity contribution < 1.29 is 9.53 Å². The predicted octanol–water partition coefficient (Wildman–Crippen LogP) is 2.92. The molecule has 0 saturated heterocycles. The lowest BCUT2D eigenvalue weighted by molar-refractivity contribution is -0.135. The Bertz CT molecular complexity index is 288. The molecule has 14 heavy (non-hydrogen) atoms. The van der Waals surface area contributed by atoms with E-state index < -0.39 is 0 Å². The SMILES string of the molecule is COC(=O)C1=C(Cl)C2CCCCC2S1. The lowest BCUT2D eigenvalue weighted by atomic mass is 9.88. The summed E-state index contributed by atoms with van der Waals surface area (Å²) in [6.07, 6.45) is 4.78. The number of methoxy groups -OCH3 is 1. The molecule has 0 spiro atoms. The normalized spacial score (nSPS) is 31.6. The monoisotopic (exact) mass is 232 g/mol. The summed E-state index contributed by atoms with van der Waals surface area (Å²) in [5.74, 6) is 0.138. The van der Waals surface area contributed by atoms with Crippen LogP contribution in [0.5, 0.6) is 0 Å². The summed E-state index contributed by atoms with van der Waals surface area (Å²) in [7, 11) is 1.40. The Balaban J connectivity index is 2.18. The maximum atomic E-state index is 11.4. The van der Waals surface area contributed by atoms with Gasteiger partial charge in [0.05, 0.1) is 7.11 Å². The first-order chi connectivity index (χ1) is 6.74. The van der Waals surface area contributed by atoms with Gasteiger partial charge in [0.15, 0.2) is 0 Å². The molecular formula is C10H13ClO2S. The van der Waals surface area contributed by atoms with E-state index in [1.165, 1.54) is 26.4 Å². The van der Waals surface area contributed by atoms with Gasteiger partial charge < -0.3 is 4.74 Å². The smallest absolute Gasteiger partial charge is 0.345 e. The standard InChI is InChI=1S/C10H13ClO2S/c1-13-10(12)9-8(11)6-4-2-3-5-7(6)14-9/h6-7H,2-5H2,1H3. The Morgan fingerprint density at radius 3 is 2.86 bits per heavy atom. The van der Waals surface area contributed by atoms with Crippen molar-refractivity contribution in [3.05, 3.63) is 9.94 Å². The first-order valence-corrected chi connectivity index (χ1v) is 6.14. The third-order valence-electron chi connectivity index (χ3n) is 2.89. The molecule has 4 heteroatoms. The number of thioether (sulfide) groups is 1. The molecule has 1 saturated carbocycles. The fraction of sp³-hybridized carbons (Fsp3) is 0.700. The van der Waals surface area contributed by atoms with E-state index in [-0.39, 0.29) is 5.97 Å². The van der Waals surface area contributed by atoms with Crippen molar-refractivity contribution in [1.82, 2.24) is 0 Å². The van der Waals surface area contributed by atoms with Crippen LogP contribution < -0.4 is 0 Å². The van der Waals surface area contributed by atoms with Gasteiger partial charge in [-0.05, 0) is 12.8 Å². The summed E-state index contributed by atoms with van der Waals surface area (Å²) in [5.41, 5.74) is 0. The summed E-state index contributed by atoms with van der Waals surface area (Å²) in [6, 6.07) is 0. The number of fused-ring (bicyclic) bond motifs is 1. The van der Waals surface area contributed by atoms with Crippen LogP contribution in [0.3, 0.4) is 0 Å². The Kier molecular flexibility index (Phi) is 3.07. The third-order valence-corrected chi connectivity index (χ3v) is 4.96. The molecular weight excluding hydrogens is 220 g/mol. The Morgan fingerprint density at radius 1 is 1.50 bits per heavy atom. The van der Waals surface area contributed by atoms with Gasteiger partial charge in [-0.2, -0.15) is 0 Å². The zero-order chi connectivity index (χ0) is 10.1. The van der Waals surface area contributed by atoms with Gasteiger partial charge in [0, 0.05) is 16.2 Å². The average molecular weight is 233 g/mol. The van der Waals surface area contributed by atoms with Gasteiger partial charge in [-0.25, -0.2) is 4.79 Å². The van der Waals surface area contributed by atoms with Crippen LogP contribution in [0.4, 0.5) is 0 Å². The number of esters is 1. The van der Waals surface area contributed by atoms with Crippen molar-refractivity contribution >= 4 is 29.3 Å². The van der Waals surface area contributed by atoms with Gasteiger partial charge in [0.25, 0.3) is 0 Å². The van der Waals surface area contributed by atoms with Crippen LogP contribution in [-0.4, -0.2) is 18.3 Å². The summed E-state index contributed by atoms with van der Waals surface area (Å²) in [5, 5.41) is 1.26. The second-order valence-electron chi connectivity index (χ2n) is 3.72. The molecule has 0 radical (unpaired) electrons. The molecule has 1 aliphatic heterocycles. The summed E-state index contributed by atoms with van der Waals surface area (Å²) in [6.45, 7) is 0. The van der Waals surface area contributed by atoms with E-state index in [1.54, 1.807) is 11.8 Å². The maximum absolute atomic E-state index is 11.4. The second-order valence-corrected chi connectivity index (χ2v) is 5.37. The number of halogens is 1. The molecule has 2 nitrogen and oxygen atoms in total. The second kappa shape index (κ2) is 4.15. The number of carbonyl (C=O) groups is 1. The molecule has 1 fully saturated rings. The molecule has 0 N–H and O–H groups in total. The van der Waals surface area contributed by atoms with Crippen molar-refractivity contribution in [1.29, 1.82) is 0 Å². The molecule has 0 aromatic carbocycles. The van der Waals surface area contributed by atoms with Gasteiger partial charge in [-0.15, -0.1) is 11.8 Å². The predicted molar refractivity (Wildman–Crippen MR) is 58.2 cm³/mol. The van der Waals surface area contributed by atoms with Crippen LogP contribution in [0, 0.1) is 5.92 Å². The largest absolute Gasteiger partial charge is 0.465 e. The molecule has 1 heterocycles. The van der Waals surface area contributed by atoms with Crippen LogP contribution in [0.25, 0.3) is 0 Å². The topological polar surface area (TPSA) is 26.3 Å². The van der Waals surface area contributed by atoms with E-state index in [4.69, 9.17) is 16.3 Å². The Labute approximate surface area is 93.0 Å². The highest BCUT2D eigenvalue weighted by Gasteiger charge is 2.39. The summed E-state index contributed by atoms with van der Waals surface area (Å²) >= 11 is 7.79. The first kappa shape index (κ1) is 10.4. The van der Waals surface area contributed by atoms with Crippen molar-refractivity contribution in [2.24, 2.45) is 5.92 Å². The molecule has 2 atom stereocenters. The van der Waals surface area contributed by atoms with E-state index in [0.717, 1.165) is 11.5 Å². The molecule has 2 rings (SSSR count). The van der Waals surface area contributed by atoms with Crippen LogP contribution in [-0.2, 0) is 9.53 Å². The van der Waals surface area contributed by atoms with Crippen molar-refractivity contribution in [2.45, 2.75) is 30.9 Å². The van der Waals surface area contributed by atoms with E-state index >= 15 is 0 Å². The van der Waals surface area contributed by atoms with E-state index in [0.29, 0.717) is 16.1 Å². The highest BCUT2D eigenvalue weighted by molar-refractivity contribution is 8.04. The molecule has 0 amide bonds. The fourth-order valence-electron chi connectivity index (χ4n) is 2.14. The third kappa shape index (κ3) is 1.68. The molecule has 0 aromatic rings. The molecule has 78 valence electrons. The molecule has 2 aliphatic rings. The van der Waals surface area contributed by atoms with Gasteiger partial charge in [-0.3, -0.25) is 0 Å². The average Bonchev–Trinajstić information content (AvgIpc) is 2.56. The Morgan fingerprint density at radius 2 is 2.21 bits per heavy atom. The van der Waals surface area contributed by atoms with Crippen LogP contribution in [0.15, 0.2) is 9.94 Å². The van der Waals surface area contributed by atoms with E-state index in [2.05, 4.69) is 0 Å². The van der Waals surface area contributed by atoms with Gasteiger partial charge >= 0.3 is 5.97 Å². The summed E-state index contributed by atoms with van der Waals surface area (Å²) < 4.78 is 4.71. The number of carbonyl (C=O) groups excluding carboxylic acids is 1. The van der Waals surface area contributed by atoms with Crippen LogP contribution in [0.1, 0.15) is 25.7 Å². The van der Waals surface area contributed by atoms with Crippen molar-refractivity contribution in [3.8, 4) is 0 Å². The number of ether oxygens (including phenoxy) is 1. The fourth-order valence-corrected chi connectivity index (χ4v) is 4.16. The zero-order valence-corrected chi connectivity index (χ0v) is 9.66. The minimum absolute atomic E-state index is 0.269. The molecule has 0 bridgehead atoms. The van der Waals surface area contributed by atoms with Crippen molar-refractivity contribution in [3.63, 3.8) is 0 Å². The van der Waals surface area contributed by atoms with Crippen LogP contribution in [0.2, 0.25) is 0 Å².